The lowest BCUT2D eigenvalue weighted by molar-refractivity contribution is -0.141. The molecule has 142 valence electrons. The number of pyridine rings is 1. The van der Waals surface area contributed by atoms with Gasteiger partial charge in [-0.1, -0.05) is 6.07 Å². The Hall–Kier alpha value is -1.90. The van der Waals surface area contributed by atoms with Gasteiger partial charge in [0.15, 0.2) is 0 Å². The van der Waals surface area contributed by atoms with Crippen molar-refractivity contribution in [3.05, 3.63) is 58.7 Å². The smallest absolute Gasteiger partial charge is 0.319 e. The highest BCUT2D eigenvalue weighted by Crippen LogP contribution is 2.28. The van der Waals surface area contributed by atoms with Crippen LogP contribution in [0, 0.1) is 5.82 Å². The predicted octanol–water partition coefficient (Wildman–Crippen LogP) is 3.98. The molecule has 0 spiro atoms. The second-order valence-electron chi connectivity index (χ2n) is 5.38. The Morgan fingerprint density at radius 1 is 1.15 bits per heavy atom. The van der Waals surface area contributed by atoms with Gasteiger partial charge < -0.3 is 10.6 Å². The number of alkyl halides is 3. The van der Waals surface area contributed by atoms with E-state index in [-0.39, 0.29) is 36.1 Å². The van der Waals surface area contributed by atoms with E-state index in [1.54, 1.807) is 6.07 Å². The number of halogens is 6. The van der Waals surface area contributed by atoms with E-state index in [1.807, 2.05) is 0 Å². The topological polar surface area (TPSA) is 54.0 Å². The first kappa shape index (κ1) is 22.1. The Morgan fingerprint density at radius 2 is 1.88 bits per heavy atom. The summed E-state index contributed by atoms with van der Waals surface area (Å²) in [5.41, 5.74) is 0.193. The van der Waals surface area contributed by atoms with E-state index in [1.165, 1.54) is 6.07 Å². The highest BCUT2D eigenvalue weighted by Gasteiger charge is 2.32. The Labute approximate surface area is 159 Å². The Morgan fingerprint density at radius 3 is 2.50 bits per heavy atom. The summed E-state index contributed by atoms with van der Waals surface area (Å²) in [7, 11) is 0. The molecule has 0 unspecified atom stereocenters. The lowest BCUT2D eigenvalue weighted by Gasteiger charge is -2.19. The molecule has 0 aliphatic carbocycles. The first-order chi connectivity index (χ1) is 11.4. The van der Waals surface area contributed by atoms with Crippen LogP contribution < -0.4 is 10.6 Å². The first-order valence-corrected chi connectivity index (χ1v) is 7.22. The van der Waals surface area contributed by atoms with Crippen molar-refractivity contribution in [3.63, 3.8) is 0 Å². The van der Waals surface area contributed by atoms with Crippen molar-refractivity contribution < 1.29 is 22.4 Å². The molecule has 0 saturated heterocycles. The molecular weight excluding hydrogens is 397 g/mol. The van der Waals surface area contributed by atoms with Crippen LogP contribution in [0.3, 0.4) is 0 Å². The minimum absolute atomic E-state index is 0. The second-order valence-corrected chi connectivity index (χ2v) is 5.38. The summed E-state index contributed by atoms with van der Waals surface area (Å²) in [4.78, 5) is 15.3. The van der Waals surface area contributed by atoms with E-state index in [0.29, 0.717) is 31.1 Å². The number of hydrogen-bond donors (Lipinski definition) is 2. The summed E-state index contributed by atoms with van der Waals surface area (Å²) in [6, 6.07) is 4.87. The monoisotopic (exact) mass is 411 g/mol. The number of anilines is 1. The summed E-state index contributed by atoms with van der Waals surface area (Å²) in [6.45, 7) is 1.20. The summed E-state index contributed by atoms with van der Waals surface area (Å²) < 4.78 is 51.8. The van der Waals surface area contributed by atoms with Crippen LogP contribution in [-0.4, -0.2) is 17.4 Å². The molecule has 10 heteroatoms. The number of amides is 1. The average Bonchev–Trinajstić information content (AvgIpc) is 2.57. The average molecular weight is 412 g/mol. The number of nitrogens with one attached hydrogen (secondary N) is 2. The fraction of sp³-hybridized carbons (Fsp3) is 0.250. The number of aromatic nitrogens is 1. The summed E-state index contributed by atoms with van der Waals surface area (Å²) in [5.74, 6) is -1.23. The minimum Gasteiger partial charge on any atom is -0.319 e. The van der Waals surface area contributed by atoms with Crippen LogP contribution in [0.25, 0.3) is 0 Å². The van der Waals surface area contributed by atoms with Gasteiger partial charge in [0, 0.05) is 12.7 Å². The van der Waals surface area contributed by atoms with Gasteiger partial charge in [-0.15, -0.1) is 24.8 Å². The molecule has 0 fully saturated rings. The molecule has 0 radical (unpaired) electrons. The van der Waals surface area contributed by atoms with Crippen LogP contribution in [0.4, 0.5) is 23.2 Å². The lowest BCUT2D eigenvalue weighted by Crippen LogP contribution is -2.25. The van der Waals surface area contributed by atoms with Gasteiger partial charge in [0.25, 0.3) is 5.91 Å². The fourth-order valence-electron chi connectivity index (χ4n) is 2.52. The lowest BCUT2D eigenvalue weighted by atomic mass is 9.99. The van der Waals surface area contributed by atoms with Crippen molar-refractivity contribution >= 4 is 36.4 Å². The van der Waals surface area contributed by atoms with Gasteiger partial charge in [0.1, 0.15) is 11.5 Å². The van der Waals surface area contributed by atoms with Gasteiger partial charge in [-0.2, -0.15) is 13.2 Å². The van der Waals surface area contributed by atoms with E-state index in [0.717, 1.165) is 17.8 Å². The molecule has 2 aromatic rings. The van der Waals surface area contributed by atoms with Crippen molar-refractivity contribution in [2.75, 3.05) is 11.9 Å². The third kappa shape index (κ3) is 4.63. The number of rotatable bonds is 2. The fourth-order valence-corrected chi connectivity index (χ4v) is 2.52. The molecule has 3 rings (SSSR count). The van der Waals surface area contributed by atoms with Crippen molar-refractivity contribution in [2.24, 2.45) is 0 Å². The number of nitrogens with zero attached hydrogens (tertiary/aromatic N) is 1. The largest absolute Gasteiger partial charge is 0.433 e. The van der Waals surface area contributed by atoms with Crippen molar-refractivity contribution in [2.45, 2.75) is 19.1 Å². The molecule has 2 heterocycles. The van der Waals surface area contributed by atoms with Crippen molar-refractivity contribution in [3.8, 4) is 0 Å². The van der Waals surface area contributed by atoms with Crippen molar-refractivity contribution in [1.29, 1.82) is 0 Å². The molecule has 1 aromatic heterocycles. The second kappa shape index (κ2) is 8.66. The van der Waals surface area contributed by atoms with Crippen molar-refractivity contribution in [1.82, 2.24) is 10.3 Å². The number of fused-ring (bicyclic) bond motifs is 1. The number of carbonyl (C=O) groups excluding carboxylic acids is 1. The molecule has 0 saturated carbocycles. The van der Waals surface area contributed by atoms with E-state index in [9.17, 15) is 22.4 Å². The van der Waals surface area contributed by atoms with Gasteiger partial charge in [0.05, 0.1) is 11.3 Å². The van der Waals surface area contributed by atoms with E-state index < -0.39 is 23.6 Å². The SMILES string of the molecule is Cl.Cl.O=C(Nc1ccc2c(c1F)CCNC2)c1ccc(C(F)(F)F)nc1. The Bertz CT molecular complexity index is 782. The van der Waals surface area contributed by atoms with Crippen LogP contribution in [0.5, 0.6) is 0 Å². The van der Waals surface area contributed by atoms with Gasteiger partial charge in [-0.3, -0.25) is 9.78 Å². The molecule has 26 heavy (non-hydrogen) atoms. The maximum absolute atomic E-state index is 14.4. The molecule has 0 atom stereocenters. The normalized spacial score (nSPS) is 13.1. The summed E-state index contributed by atoms with van der Waals surface area (Å²) in [5, 5.41) is 5.50. The summed E-state index contributed by atoms with van der Waals surface area (Å²) >= 11 is 0. The highest BCUT2D eigenvalue weighted by atomic mass is 35.5. The predicted molar refractivity (Wildman–Crippen MR) is 93.5 cm³/mol. The molecule has 2 N–H and O–H groups in total. The van der Waals surface area contributed by atoms with Gasteiger partial charge >= 0.3 is 6.18 Å². The molecule has 1 aromatic carbocycles. The molecule has 1 aliphatic heterocycles. The summed E-state index contributed by atoms with van der Waals surface area (Å²) in [6.07, 6.45) is -3.25. The van der Waals surface area contributed by atoms with Crippen LogP contribution in [0.2, 0.25) is 0 Å². The first-order valence-electron chi connectivity index (χ1n) is 7.22. The zero-order valence-corrected chi connectivity index (χ0v) is 14.8. The third-order valence-corrected chi connectivity index (χ3v) is 3.77. The van der Waals surface area contributed by atoms with Gasteiger partial charge in [-0.05, 0) is 42.3 Å². The van der Waals surface area contributed by atoms with Crippen LogP contribution in [0.15, 0.2) is 30.5 Å². The third-order valence-electron chi connectivity index (χ3n) is 3.77. The van der Waals surface area contributed by atoms with Gasteiger partial charge in [-0.25, -0.2) is 4.39 Å². The number of hydrogen-bond acceptors (Lipinski definition) is 3. The van der Waals surface area contributed by atoms with Crippen LogP contribution >= 0.6 is 24.8 Å². The zero-order chi connectivity index (χ0) is 17.3. The zero-order valence-electron chi connectivity index (χ0n) is 13.2. The van der Waals surface area contributed by atoms with Crippen LogP contribution in [-0.2, 0) is 19.1 Å². The quantitative estimate of drug-likeness (QED) is 0.734. The molecular formula is C16H15Cl2F4N3O. The maximum atomic E-state index is 14.4. The highest BCUT2D eigenvalue weighted by molar-refractivity contribution is 6.04. The number of carbonyl (C=O) groups is 1. The minimum atomic E-state index is -4.58. The van der Waals surface area contributed by atoms with E-state index >= 15 is 0 Å². The van der Waals surface area contributed by atoms with E-state index in [4.69, 9.17) is 0 Å². The van der Waals surface area contributed by atoms with Crippen LogP contribution in [0.1, 0.15) is 27.2 Å². The van der Waals surface area contributed by atoms with Gasteiger partial charge in [0.2, 0.25) is 0 Å². The number of benzene rings is 1. The molecule has 1 aliphatic rings. The Balaban J connectivity index is 0.00000169. The molecule has 4 nitrogen and oxygen atoms in total. The Kier molecular flexibility index (Phi) is 7.37. The standard InChI is InChI=1S/C16H13F4N3O.2ClH/c17-14-11-5-6-21-7-9(11)1-3-12(14)23-15(24)10-2-4-13(22-8-10)16(18,19)20;;/h1-4,8,21H,5-7H2,(H,23,24);2*1H. The molecule has 1 amide bonds. The molecule has 0 bridgehead atoms. The van der Waals surface area contributed by atoms with E-state index in [2.05, 4.69) is 15.6 Å². The maximum Gasteiger partial charge on any atom is 0.433 e.